The molecule has 0 radical (unpaired) electrons. The molecule has 0 aliphatic heterocycles. The van der Waals surface area contributed by atoms with E-state index in [9.17, 15) is 17.6 Å². The summed E-state index contributed by atoms with van der Waals surface area (Å²) in [6.07, 6.45) is -2.60. The molecule has 1 rings (SSSR count). The molecule has 6 heteroatoms. The highest BCUT2D eigenvalue weighted by Crippen LogP contribution is 2.28. The average Bonchev–Trinajstić information content (AvgIpc) is 2.04. The first-order valence-corrected chi connectivity index (χ1v) is 3.24. The number of methoxy groups -OCH3 is 1. The Hall–Kier alpha value is -1.33. The van der Waals surface area contributed by atoms with Crippen molar-refractivity contribution in [1.29, 1.82) is 0 Å². The zero-order valence-corrected chi connectivity index (χ0v) is 6.52. The highest BCUT2D eigenvalue weighted by Gasteiger charge is 2.21. The average molecular weight is 195 g/mol. The van der Waals surface area contributed by atoms with Gasteiger partial charge in [0.05, 0.1) is 12.7 Å². The lowest BCUT2D eigenvalue weighted by atomic mass is 10.2. The lowest BCUT2D eigenvalue weighted by Gasteiger charge is -2.06. The van der Waals surface area contributed by atoms with Gasteiger partial charge in [-0.05, 0) is 0 Å². The summed E-state index contributed by atoms with van der Waals surface area (Å²) in [4.78, 5) is 2.92. The largest absolute Gasteiger partial charge is 0.490 e. The SMILES string of the molecule is COc1c(F)ncc(C(F)F)c1F. The maximum atomic E-state index is 12.9. The van der Waals surface area contributed by atoms with Crippen molar-refractivity contribution in [2.24, 2.45) is 0 Å². The Balaban J connectivity index is 3.27. The molecule has 0 saturated heterocycles. The Kier molecular flexibility index (Phi) is 2.69. The summed E-state index contributed by atoms with van der Waals surface area (Å²) < 4.78 is 53.7. The van der Waals surface area contributed by atoms with E-state index in [0.717, 1.165) is 7.11 Å². The maximum Gasteiger partial charge on any atom is 0.268 e. The topological polar surface area (TPSA) is 22.1 Å². The van der Waals surface area contributed by atoms with Crippen molar-refractivity contribution in [2.75, 3.05) is 7.11 Å². The van der Waals surface area contributed by atoms with Gasteiger partial charge in [-0.3, -0.25) is 0 Å². The molecule has 0 spiro atoms. The molecule has 2 nitrogen and oxygen atoms in total. The van der Waals surface area contributed by atoms with E-state index in [2.05, 4.69) is 9.72 Å². The van der Waals surface area contributed by atoms with E-state index in [1.54, 1.807) is 0 Å². The van der Waals surface area contributed by atoms with Gasteiger partial charge in [0.25, 0.3) is 12.4 Å². The molecule has 1 heterocycles. The van der Waals surface area contributed by atoms with Crippen LogP contribution in [0, 0.1) is 11.8 Å². The van der Waals surface area contributed by atoms with Crippen LogP contribution in [0.1, 0.15) is 12.0 Å². The smallest absolute Gasteiger partial charge is 0.268 e. The van der Waals surface area contributed by atoms with Gasteiger partial charge in [0.2, 0.25) is 5.75 Å². The second-order valence-corrected chi connectivity index (χ2v) is 2.15. The normalized spacial score (nSPS) is 10.6. The van der Waals surface area contributed by atoms with Gasteiger partial charge in [0.1, 0.15) is 0 Å². The first-order valence-electron chi connectivity index (χ1n) is 3.24. The van der Waals surface area contributed by atoms with E-state index in [1.165, 1.54) is 0 Å². The molecule has 1 aromatic heterocycles. The Bertz CT molecular complexity index is 316. The number of nitrogens with zero attached hydrogens (tertiary/aromatic N) is 1. The number of ether oxygens (including phenoxy) is 1. The van der Waals surface area contributed by atoms with E-state index < -0.39 is 29.5 Å². The molecule has 0 saturated carbocycles. The quantitative estimate of drug-likeness (QED) is 0.533. The fourth-order valence-electron chi connectivity index (χ4n) is 0.789. The minimum atomic E-state index is -3.04. The Morgan fingerprint density at radius 1 is 1.38 bits per heavy atom. The number of hydrogen-bond donors (Lipinski definition) is 0. The number of alkyl halides is 2. The van der Waals surface area contributed by atoms with Crippen LogP contribution in [0.5, 0.6) is 5.75 Å². The first-order chi connectivity index (χ1) is 6.07. The van der Waals surface area contributed by atoms with Gasteiger partial charge in [0, 0.05) is 6.20 Å². The molecule has 0 bridgehead atoms. The Morgan fingerprint density at radius 2 is 2.00 bits per heavy atom. The molecule has 0 fully saturated rings. The summed E-state index contributed by atoms with van der Waals surface area (Å²) in [5.41, 5.74) is -0.974. The zero-order valence-electron chi connectivity index (χ0n) is 6.52. The van der Waals surface area contributed by atoms with E-state index >= 15 is 0 Å². The number of pyridine rings is 1. The molecule has 72 valence electrons. The molecule has 13 heavy (non-hydrogen) atoms. The molecular formula is C7H5F4NO. The molecule has 0 aliphatic carbocycles. The van der Waals surface area contributed by atoms with Crippen molar-refractivity contribution >= 4 is 0 Å². The van der Waals surface area contributed by atoms with Gasteiger partial charge in [-0.25, -0.2) is 18.2 Å². The van der Waals surface area contributed by atoms with E-state index in [0.29, 0.717) is 6.20 Å². The second kappa shape index (κ2) is 3.59. The summed E-state index contributed by atoms with van der Waals surface area (Å²) in [5.74, 6) is -3.55. The van der Waals surface area contributed by atoms with Gasteiger partial charge in [0.15, 0.2) is 5.82 Å². The summed E-state index contributed by atoms with van der Waals surface area (Å²) in [7, 11) is 0.971. The first kappa shape index (κ1) is 9.76. The van der Waals surface area contributed by atoms with Crippen LogP contribution in [-0.4, -0.2) is 12.1 Å². The number of aromatic nitrogens is 1. The molecule has 0 aromatic carbocycles. The monoisotopic (exact) mass is 195 g/mol. The molecule has 1 aromatic rings. The molecule has 0 aliphatic rings. The van der Waals surface area contributed by atoms with Crippen LogP contribution in [0.4, 0.5) is 17.6 Å². The van der Waals surface area contributed by atoms with E-state index in [1.807, 2.05) is 0 Å². The van der Waals surface area contributed by atoms with E-state index in [-0.39, 0.29) is 0 Å². The minimum Gasteiger partial charge on any atom is -0.490 e. The van der Waals surface area contributed by atoms with Gasteiger partial charge < -0.3 is 4.74 Å². The molecule has 0 unspecified atom stereocenters. The van der Waals surface area contributed by atoms with Crippen LogP contribution in [-0.2, 0) is 0 Å². The second-order valence-electron chi connectivity index (χ2n) is 2.15. The van der Waals surface area contributed by atoms with Crippen molar-refractivity contribution in [1.82, 2.24) is 4.98 Å². The van der Waals surface area contributed by atoms with Crippen molar-refractivity contribution in [3.05, 3.63) is 23.5 Å². The third-order valence-electron chi connectivity index (χ3n) is 1.40. The fourth-order valence-corrected chi connectivity index (χ4v) is 0.789. The van der Waals surface area contributed by atoms with Crippen LogP contribution in [0.2, 0.25) is 0 Å². The van der Waals surface area contributed by atoms with Crippen LogP contribution in [0.25, 0.3) is 0 Å². The van der Waals surface area contributed by atoms with Crippen LogP contribution < -0.4 is 4.74 Å². The number of hydrogen-bond acceptors (Lipinski definition) is 2. The van der Waals surface area contributed by atoms with Crippen LogP contribution in [0.15, 0.2) is 6.20 Å². The van der Waals surface area contributed by atoms with E-state index in [4.69, 9.17) is 0 Å². The van der Waals surface area contributed by atoms with Crippen LogP contribution >= 0.6 is 0 Å². The number of rotatable bonds is 2. The van der Waals surface area contributed by atoms with Crippen molar-refractivity contribution in [3.8, 4) is 5.75 Å². The zero-order chi connectivity index (χ0) is 10.0. The Labute approximate surface area is 71.2 Å². The third kappa shape index (κ3) is 1.71. The minimum absolute atomic E-state index is 0.442. The van der Waals surface area contributed by atoms with Gasteiger partial charge in [-0.1, -0.05) is 0 Å². The van der Waals surface area contributed by atoms with Crippen molar-refractivity contribution in [2.45, 2.75) is 6.43 Å². The molecule has 0 atom stereocenters. The summed E-state index contributed by atoms with van der Waals surface area (Å²) in [6, 6.07) is 0. The van der Waals surface area contributed by atoms with Crippen molar-refractivity contribution in [3.63, 3.8) is 0 Å². The molecule has 0 N–H and O–H groups in total. The lowest BCUT2D eigenvalue weighted by molar-refractivity contribution is 0.144. The standard InChI is InChI=1S/C7H5F4NO/c1-13-5-4(8)3(6(9)10)2-12-7(5)11/h2,6H,1H3. The highest BCUT2D eigenvalue weighted by molar-refractivity contribution is 5.28. The van der Waals surface area contributed by atoms with Crippen molar-refractivity contribution < 1.29 is 22.3 Å². The highest BCUT2D eigenvalue weighted by atomic mass is 19.3. The van der Waals surface area contributed by atoms with Gasteiger partial charge in [-0.2, -0.15) is 4.39 Å². The molecule has 0 amide bonds. The maximum absolute atomic E-state index is 12.9. The molecular weight excluding hydrogens is 190 g/mol. The lowest BCUT2D eigenvalue weighted by Crippen LogP contribution is -2.00. The summed E-state index contributed by atoms with van der Waals surface area (Å²) >= 11 is 0. The van der Waals surface area contributed by atoms with Gasteiger partial charge in [-0.15, -0.1) is 0 Å². The summed E-state index contributed by atoms with van der Waals surface area (Å²) in [5, 5.41) is 0. The predicted molar refractivity (Wildman–Crippen MR) is 35.7 cm³/mol. The summed E-state index contributed by atoms with van der Waals surface area (Å²) in [6.45, 7) is 0. The number of halogens is 4. The predicted octanol–water partition coefficient (Wildman–Crippen LogP) is 2.31. The van der Waals surface area contributed by atoms with Gasteiger partial charge >= 0.3 is 0 Å². The van der Waals surface area contributed by atoms with Crippen LogP contribution in [0.3, 0.4) is 0 Å². The fraction of sp³-hybridized carbons (Fsp3) is 0.286. The Morgan fingerprint density at radius 3 is 2.46 bits per heavy atom. The third-order valence-corrected chi connectivity index (χ3v) is 1.40.